The quantitative estimate of drug-likeness (QED) is 0.518. The molecule has 1 N–H and O–H groups in total. The topological polar surface area (TPSA) is 46.5 Å². The second kappa shape index (κ2) is 9.26. The number of carboxylic acids is 1. The Labute approximate surface area is 121 Å². The van der Waals surface area contributed by atoms with Gasteiger partial charge in [0.25, 0.3) is 0 Å². The minimum Gasteiger partial charge on any atom is -0.490 e. The van der Waals surface area contributed by atoms with Crippen LogP contribution in [0.4, 0.5) is 13.2 Å². The van der Waals surface area contributed by atoms with E-state index in [-0.39, 0.29) is 18.8 Å². The summed E-state index contributed by atoms with van der Waals surface area (Å²) < 4.78 is 43.9. The van der Waals surface area contributed by atoms with E-state index in [0.717, 1.165) is 37.8 Å². The fourth-order valence-electron chi connectivity index (χ4n) is 1.89. The van der Waals surface area contributed by atoms with Gasteiger partial charge in [0.2, 0.25) is 5.82 Å². The van der Waals surface area contributed by atoms with Crippen molar-refractivity contribution in [1.82, 2.24) is 0 Å². The zero-order chi connectivity index (χ0) is 15.7. The van der Waals surface area contributed by atoms with Crippen LogP contribution < -0.4 is 4.74 Å². The van der Waals surface area contributed by atoms with E-state index in [1.54, 1.807) is 0 Å². The summed E-state index contributed by atoms with van der Waals surface area (Å²) >= 11 is 0. The number of benzene rings is 1. The lowest BCUT2D eigenvalue weighted by Gasteiger charge is -2.07. The number of halogens is 3. The van der Waals surface area contributed by atoms with Gasteiger partial charge in [-0.1, -0.05) is 25.7 Å². The maximum Gasteiger partial charge on any atom is 0.303 e. The van der Waals surface area contributed by atoms with Crippen molar-refractivity contribution in [3.05, 3.63) is 29.6 Å². The molecule has 0 aliphatic carbocycles. The fourth-order valence-corrected chi connectivity index (χ4v) is 1.89. The first-order chi connectivity index (χ1) is 10.0. The first kappa shape index (κ1) is 17.3. The molecule has 1 aromatic rings. The molecule has 0 saturated carbocycles. The second-order valence-electron chi connectivity index (χ2n) is 4.79. The molecule has 1 aromatic carbocycles. The van der Waals surface area contributed by atoms with Crippen molar-refractivity contribution in [2.45, 2.75) is 44.9 Å². The summed E-state index contributed by atoms with van der Waals surface area (Å²) in [5.41, 5.74) is 0. The highest BCUT2D eigenvalue weighted by Gasteiger charge is 2.13. The van der Waals surface area contributed by atoms with Gasteiger partial charge in [-0.3, -0.25) is 4.79 Å². The fraction of sp³-hybridized carbons (Fsp3) is 0.533. The van der Waals surface area contributed by atoms with Gasteiger partial charge in [0.1, 0.15) is 0 Å². The molecule has 0 aliphatic heterocycles. The number of carbonyl (C=O) groups is 1. The standard InChI is InChI=1S/C15H19F3O3/c16-11-8-9-12(15(18)14(11)17)21-10-6-4-2-1-3-5-7-13(19)20/h8-9H,1-7,10H2,(H,19,20). The Morgan fingerprint density at radius 1 is 0.952 bits per heavy atom. The Hall–Kier alpha value is -1.72. The van der Waals surface area contributed by atoms with Gasteiger partial charge in [0.05, 0.1) is 6.61 Å². The Morgan fingerprint density at radius 3 is 2.24 bits per heavy atom. The zero-order valence-corrected chi connectivity index (χ0v) is 11.7. The molecule has 0 fully saturated rings. The maximum atomic E-state index is 13.3. The van der Waals surface area contributed by atoms with Crippen molar-refractivity contribution >= 4 is 5.97 Å². The summed E-state index contributed by atoms with van der Waals surface area (Å²) in [5.74, 6) is -5.12. The number of ether oxygens (including phenoxy) is 1. The van der Waals surface area contributed by atoms with E-state index in [1.807, 2.05) is 0 Å². The molecule has 0 aromatic heterocycles. The monoisotopic (exact) mass is 304 g/mol. The highest BCUT2D eigenvalue weighted by Crippen LogP contribution is 2.22. The molecular weight excluding hydrogens is 285 g/mol. The lowest BCUT2D eigenvalue weighted by atomic mass is 10.1. The second-order valence-corrected chi connectivity index (χ2v) is 4.79. The van der Waals surface area contributed by atoms with Crippen molar-refractivity contribution in [3.8, 4) is 5.75 Å². The molecule has 0 bridgehead atoms. The summed E-state index contributed by atoms with van der Waals surface area (Å²) in [7, 11) is 0. The minimum atomic E-state index is -1.52. The van der Waals surface area contributed by atoms with E-state index in [4.69, 9.17) is 9.84 Å². The molecule has 0 amide bonds. The van der Waals surface area contributed by atoms with Crippen molar-refractivity contribution in [2.24, 2.45) is 0 Å². The highest BCUT2D eigenvalue weighted by atomic mass is 19.2. The molecule has 0 saturated heterocycles. The Kier molecular flexibility index (Phi) is 7.64. The number of unbranched alkanes of at least 4 members (excludes halogenated alkanes) is 5. The predicted octanol–water partition coefficient (Wildman–Crippen LogP) is 4.30. The van der Waals surface area contributed by atoms with Crippen molar-refractivity contribution in [1.29, 1.82) is 0 Å². The third kappa shape index (κ3) is 6.51. The van der Waals surface area contributed by atoms with Crippen LogP contribution in [-0.4, -0.2) is 17.7 Å². The van der Waals surface area contributed by atoms with E-state index in [1.165, 1.54) is 0 Å². The lowest BCUT2D eigenvalue weighted by molar-refractivity contribution is -0.137. The van der Waals surface area contributed by atoms with Gasteiger partial charge in [-0.25, -0.2) is 8.78 Å². The molecule has 0 atom stereocenters. The van der Waals surface area contributed by atoms with Crippen LogP contribution in [0.1, 0.15) is 44.9 Å². The van der Waals surface area contributed by atoms with Crippen LogP contribution in [0.25, 0.3) is 0 Å². The number of rotatable bonds is 10. The van der Waals surface area contributed by atoms with Crippen LogP contribution in [0.5, 0.6) is 5.75 Å². The van der Waals surface area contributed by atoms with Crippen LogP contribution >= 0.6 is 0 Å². The largest absolute Gasteiger partial charge is 0.490 e. The van der Waals surface area contributed by atoms with Crippen molar-refractivity contribution in [3.63, 3.8) is 0 Å². The minimum absolute atomic E-state index is 0.193. The van der Waals surface area contributed by atoms with Crippen LogP contribution in [0.3, 0.4) is 0 Å². The van der Waals surface area contributed by atoms with E-state index in [9.17, 15) is 18.0 Å². The Morgan fingerprint density at radius 2 is 1.57 bits per heavy atom. The first-order valence-corrected chi connectivity index (χ1v) is 7.00. The van der Waals surface area contributed by atoms with Crippen molar-refractivity contribution in [2.75, 3.05) is 6.61 Å². The molecule has 0 heterocycles. The summed E-state index contributed by atoms with van der Waals surface area (Å²) in [6, 6.07) is 1.90. The SMILES string of the molecule is O=C(O)CCCCCCCCOc1ccc(F)c(F)c1F. The first-order valence-electron chi connectivity index (χ1n) is 7.00. The van der Waals surface area contributed by atoms with Gasteiger partial charge in [-0.05, 0) is 25.0 Å². The van der Waals surface area contributed by atoms with Gasteiger partial charge in [-0.15, -0.1) is 0 Å². The molecule has 0 unspecified atom stereocenters. The van der Waals surface area contributed by atoms with E-state index in [0.29, 0.717) is 12.8 Å². The summed E-state index contributed by atoms with van der Waals surface area (Å²) in [5, 5.41) is 8.46. The van der Waals surface area contributed by atoms with Gasteiger partial charge >= 0.3 is 5.97 Å². The highest BCUT2D eigenvalue weighted by molar-refractivity contribution is 5.66. The van der Waals surface area contributed by atoms with Gasteiger partial charge in [0, 0.05) is 6.42 Å². The van der Waals surface area contributed by atoms with Gasteiger partial charge in [0.15, 0.2) is 17.4 Å². The van der Waals surface area contributed by atoms with Crippen LogP contribution in [-0.2, 0) is 4.79 Å². The molecule has 0 aliphatic rings. The Bertz CT molecular complexity index is 464. The predicted molar refractivity (Wildman–Crippen MR) is 71.8 cm³/mol. The molecule has 21 heavy (non-hydrogen) atoms. The molecule has 0 spiro atoms. The van der Waals surface area contributed by atoms with Crippen molar-refractivity contribution < 1.29 is 27.8 Å². The smallest absolute Gasteiger partial charge is 0.303 e. The Balaban J connectivity index is 2.10. The molecule has 1 rings (SSSR count). The number of carboxylic acid groups (broad SMARTS) is 1. The third-order valence-electron chi connectivity index (χ3n) is 3.04. The molecule has 0 radical (unpaired) electrons. The average molecular weight is 304 g/mol. The summed E-state index contributed by atoms with van der Waals surface area (Å²) in [6.45, 7) is 0.233. The molecule has 6 heteroatoms. The third-order valence-corrected chi connectivity index (χ3v) is 3.04. The summed E-state index contributed by atoms with van der Waals surface area (Å²) in [6.07, 6.45) is 5.14. The van der Waals surface area contributed by atoms with Gasteiger partial charge < -0.3 is 9.84 Å². The van der Waals surface area contributed by atoms with Crippen LogP contribution in [0, 0.1) is 17.5 Å². The average Bonchev–Trinajstić information content (AvgIpc) is 2.45. The zero-order valence-electron chi connectivity index (χ0n) is 11.7. The van der Waals surface area contributed by atoms with E-state index < -0.39 is 23.4 Å². The summed E-state index contributed by atoms with van der Waals surface area (Å²) in [4.78, 5) is 10.3. The van der Waals surface area contributed by atoms with Crippen LogP contribution in [0.2, 0.25) is 0 Å². The van der Waals surface area contributed by atoms with Crippen LogP contribution in [0.15, 0.2) is 12.1 Å². The van der Waals surface area contributed by atoms with E-state index in [2.05, 4.69) is 0 Å². The molecule has 118 valence electrons. The molecule has 3 nitrogen and oxygen atoms in total. The maximum absolute atomic E-state index is 13.3. The molecular formula is C15H19F3O3. The number of hydrogen-bond acceptors (Lipinski definition) is 2. The van der Waals surface area contributed by atoms with Gasteiger partial charge in [-0.2, -0.15) is 4.39 Å². The normalized spacial score (nSPS) is 10.6. The number of aliphatic carboxylic acids is 1. The lowest BCUT2D eigenvalue weighted by Crippen LogP contribution is -2.02. The van der Waals surface area contributed by atoms with E-state index >= 15 is 0 Å². The number of hydrogen-bond donors (Lipinski definition) is 1.